The summed E-state index contributed by atoms with van der Waals surface area (Å²) in [7, 11) is 5.56. The van der Waals surface area contributed by atoms with Crippen LogP contribution < -0.4 is 20.3 Å². The minimum absolute atomic E-state index is 0.108. The van der Waals surface area contributed by atoms with Crippen LogP contribution in [-0.4, -0.2) is 50.9 Å². The van der Waals surface area contributed by atoms with Gasteiger partial charge in [-0.1, -0.05) is 12.1 Å². The Morgan fingerprint density at radius 3 is 2.53 bits per heavy atom. The molecule has 0 radical (unpaired) electrons. The van der Waals surface area contributed by atoms with E-state index < -0.39 is 0 Å². The van der Waals surface area contributed by atoms with Crippen LogP contribution in [0.25, 0.3) is 0 Å². The van der Waals surface area contributed by atoms with E-state index in [0.29, 0.717) is 29.4 Å². The van der Waals surface area contributed by atoms with Crippen LogP contribution in [0.2, 0.25) is 0 Å². The Bertz CT molecular complexity index is 1090. The third-order valence-electron chi connectivity index (χ3n) is 5.37. The van der Waals surface area contributed by atoms with Crippen molar-refractivity contribution in [3.8, 4) is 5.75 Å². The van der Waals surface area contributed by atoms with Gasteiger partial charge in [0.05, 0.1) is 18.9 Å². The maximum Gasteiger partial charge on any atom is 0.251 e. The highest BCUT2D eigenvalue weighted by atomic mass is 16.5. The number of likely N-dealkylation sites (N-methyl/N-ethyl adjacent to an activating group) is 1. The minimum Gasteiger partial charge on any atom is -0.497 e. The predicted molar refractivity (Wildman–Crippen MR) is 125 cm³/mol. The number of nitrogens with zero attached hydrogens (tertiary/aromatic N) is 2. The van der Waals surface area contributed by atoms with Crippen molar-refractivity contribution in [3.05, 3.63) is 77.6 Å². The highest BCUT2D eigenvalue weighted by Crippen LogP contribution is 2.37. The standard InChI is InChI=1S/C24H27N5O3/c1-28(2)14-13-26-23(30)17-6-4-16(5-7-17)22-27-24-20(12-15-32-24)21(25)29(22)18-8-10-19(31-3)11-9-18/h4-12,15,22,25,27H,13-14H2,1-3H3,(H,26,30). The fourth-order valence-electron chi connectivity index (χ4n) is 3.62. The molecule has 4 rings (SSSR count). The largest absolute Gasteiger partial charge is 0.497 e. The van der Waals surface area contributed by atoms with E-state index in [2.05, 4.69) is 10.6 Å². The number of furan rings is 1. The number of amidine groups is 1. The van der Waals surface area contributed by atoms with Crippen LogP contribution in [0.15, 0.2) is 65.3 Å². The summed E-state index contributed by atoms with van der Waals surface area (Å²) in [4.78, 5) is 16.3. The first kappa shape index (κ1) is 21.5. The van der Waals surface area contributed by atoms with Crippen LogP contribution >= 0.6 is 0 Å². The maximum absolute atomic E-state index is 12.4. The van der Waals surface area contributed by atoms with E-state index in [1.54, 1.807) is 31.6 Å². The lowest BCUT2D eigenvalue weighted by Gasteiger charge is -2.38. The number of ether oxygens (including phenoxy) is 1. The molecule has 8 heteroatoms. The number of amides is 1. The van der Waals surface area contributed by atoms with Gasteiger partial charge < -0.3 is 29.6 Å². The predicted octanol–water partition coefficient (Wildman–Crippen LogP) is 3.54. The molecule has 0 aliphatic carbocycles. The van der Waals surface area contributed by atoms with E-state index in [4.69, 9.17) is 14.6 Å². The minimum atomic E-state index is -0.375. The van der Waals surface area contributed by atoms with E-state index in [0.717, 1.165) is 23.5 Å². The molecule has 0 bridgehead atoms. The van der Waals surface area contributed by atoms with Crippen molar-refractivity contribution in [2.24, 2.45) is 0 Å². The Morgan fingerprint density at radius 1 is 1.16 bits per heavy atom. The normalized spacial score (nSPS) is 15.3. The van der Waals surface area contributed by atoms with Gasteiger partial charge in [-0.15, -0.1) is 0 Å². The molecule has 0 saturated heterocycles. The lowest BCUT2D eigenvalue weighted by molar-refractivity contribution is 0.0951. The zero-order valence-corrected chi connectivity index (χ0v) is 18.4. The van der Waals surface area contributed by atoms with E-state index in [1.165, 1.54) is 0 Å². The first-order chi connectivity index (χ1) is 15.5. The van der Waals surface area contributed by atoms with Crippen molar-refractivity contribution < 1.29 is 13.9 Å². The van der Waals surface area contributed by atoms with Gasteiger partial charge in [0.2, 0.25) is 5.88 Å². The van der Waals surface area contributed by atoms with E-state index in [9.17, 15) is 4.79 Å². The van der Waals surface area contributed by atoms with E-state index in [1.807, 2.05) is 60.3 Å². The summed E-state index contributed by atoms with van der Waals surface area (Å²) in [5.41, 5.74) is 3.02. The first-order valence-electron chi connectivity index (χ1n) is 10.4. The fourth-order valence-corrected chi connectivity index (χ4v) is 3.62. The second-order valence-electron chi connectivity index (χ2n) is 7.81. The van der Waals surface area contributed by atoms with Gasteiger partial charge >= 0.3 is 0 Å². The van der Waals surface area contributed by atoms with Crippen molar-refractivity contribution in [2.75, 3.05) is 44.5 Å². The number of anilines is 2. The molecule has 8 nitrogen and oxygen atoms in total. The van der Waals surface area contributed by atoms with Gasteiger partial charge in [0.25, 0.3) is 5.91 Å². The zero-order chi connectivity index (χ0) is 22.7. The van der Waals surface area contributed by atoms with Crippen molar-refractivity contribution in [3.63, 3.8) is 0 Å². The fraction of sp³-hybridized carbons (Fsp3) is 0.250. The van der Waals surface area contributed by atoms with Crippen molar-refractivity contribution in [2.45, 2.75) is 6.17 Å². The topological polar surface area (TPSA) is 93.8 Å². The van der Waals surface area contributed by atoms with Crippen molar-refractivity contribution in [1.29, 1.82) is 5.41 Å². The molecule has 2 aromatic carbocycles. The molecule has 0 fully saturated rings. The molecular formula is C24H27N5O3. The Kier molecular flexibility index (Phi) is 6.13. The Labute approximate surface area is 187 Å². The average Bonchev–Trinajstić information content (AvgIpc) is 3.28. The molecular weight excluding hydrogens is 406 g/mol. The van der Waals surface area contributed by atoms with Crippen LogP contribution in [0.1, 0.15) is 27.7 Å². The lowest BCUT2D eigenvalue weighted by atomic mass is 10.0. The summed E-state index contributed by atoms with van der Waals surface area (Å²) >= 11 is 0. The summed E-state index contributed by atoms with van der Waals surface area (Å²) in [5, 5.41) is 15.1. The number of benzene rings is 2. The quantitative estimate of drug-likeness (QED) is 0.528. The molecule has 2 heterocycles. The van der Waals surface area contributed by atoms with Crippen molar-refractivity contribution >= 4 is 23.3 Å². The Hall–Kier alpha value is -3.78. The zero-order valence-electron chi connectivity index (χ0n) is 18.4. The van der Waals surface area contributed by atoms with E-state index in [-0.39, 0.29) is 12.1 Å². The van der Waals surface area contributed by atoms with Crippen molar-refractivity contribution in [1.82, 2.24) is 10.2 Å². The van der Waals surface area contributed by atoms with Gasteiger partial charge in [-0.2, -0.15) is 0 Å². The van der Waals surface area contributed by atoms with Crippen LogP contribution in [0.3, 0.4) is 0 Å². The second-order valence-corrected chi connectivity index (χ2v) is 7.81. The number of methoxy groups -OCH3 is 1. The third kappa shape index (κ3) is 4.31. The van der Waals surface area contributed by atoms with Gasteiger partial charge in [0.1, 0.15) is 17.8 Å². The molecule has 32 heavy (non-hydrogen) atoms. The number of hydrogen-bond donors (Lipinski definition) is 3. The Morgan fingerprint density at radius 2 is 1.88 bits per heavy atom. The van der Waals surface area contributed by atoms with Crippen LogP contribution in [0, 0.1) is 5.41 Å². The van der Waals surface area contributed by atoms with Crippen LogP contribution in [0.5, 0.6) is 5.75 Å². The van der Waals surface area contributed by atoms with E-state index >= 15 is 0 Å². The van der Waals surface area contributed by atoms with Gasteiger partial charge in [-0.05, 0) is 62.1 Å². The Balaban J connectivity index is 1.61. The summed E-state index contributed by atoms with van der Waals surface area (Å²) in [5.74, 6) is 1.52. The molecule has 3 aromatic rings. The SMILES string of the molecule is COc1ccc(N2C(=N)c3ccoc3NC2c2ccc(C(=O)NCCN(C)C)cc2)cc1. The highest BCUT2D eigenvalue weighted by Gasteiger charge is 2.33. The molecule has 0 spiro atoms. The van der Waals surface area contributed by atoms with Gasteiger partial charge in [0.15, 0.2) is 0 Å². The molecule has 1 atom stereocenters. The molecule has 1 unspecified atom stereocenters. The maximum atomic E-state index is 12.4. The number of carbonyl (C=O) groups excluding carboxylic acids is 1. The average molecular weight is 434 g/mol. The summed E-state index contributed by atoms with van der Waals surface area (Å²) in [6.07, 6.45) is 1.20. The first-order valence-corrected chi connectivity index (χ1v) is 10.4. The summed E-state index contributed by atoms with van der Waals surface area (Å²) in [6, 6.07) is 16.7. The molecule has 1 aromatic heterocycles. The van der Waals surface area contributed by atoms with Gasteiger partial charge in [0, 0.05) is 24.3 Å². The van der Waals surface area contributed by atoms with Gasteiger partial charge in [-0.25, -0.2) is 0 Å². The number of rotatable bonds is 7. The molecule has 3 N–H and O–H groups in total. The third-order valence-corrected chi connectivity index (χ3v) is 5.37. The molecule has 1 aliphatic rings. The number of carbonyl (C=O) groups is 1. The second kappa shape index (κ2) is 9.15. The number of nitrogens with one attached hydrogen (secondary N) is 3. The number of hydrogen-bond acceptors (Lipinski definition) is 6. The van der Waals surface area contributed by atoms with Crippen LogP contribution in [-0.2, 0) is 0 Å². The highest BCUT2D eigenvalue weighted by molar-refractivity contribution is 6.13. The monoisotopic (exact) mass is 433 g/mol. The van der Waals surface area contributed by atoms with Crippen LogP contribution in [0.4, 0.5) is 11.6 Å². The smallest absolute Gasteiger partial charge is 0.251 e. The molecule has 166 valence electrons. The molecule has 1 aliphatic heterocycles. The molecule has 1 amide bonds. The van der Waals surface area contributed by atoms with Gasteiger partial charge in [-0.3, -0.25) is 10.2 Å². The number of fused-ring (bicyclic) bond motifs is 1. The summed E-state index contributed by atoms with van der Waals surface area (Å²) in [6.45, 7) is 1.36. The lowest BCUT2D eigenvalue weighted by Crippen LogP contribution is -2.42. The molecule has 0 saturated carbocycles. The summed E-state index contributed by atoms with van der Waals surface area (Å²) < 4.78 is 10.8.